The van der Waals surface area contributed by atoms with Crippen LogP contribution in [0.3, 0.4) is 0 Å². The molecule has 0 aliphatic carbocycles. The molecule has 86 valence electrons. The van der Waals surface area contributed by atoms with Gasteiger partial charge in [0.05, 0.1) is 0 Å². The lowest BCUT2D eigenvalue weighted by atomic mass is 10.1. The first-order valence-corrected chi connectivity index (χ1v) is 6.18. The van der Waals surface area contributed by atoms with Crippen molar-refractivity contribution >= 4 is 5.84 Å². The second-order valence-electron chi connectivity index (χ2n) is 4.62. The summed E-state index contributed by atoms with van der Waals surface area (Å²) in [4.78, 5) is 2.22. The highest BCUT2D eigenvalue weighted by Gasteiger charge is 2.13. The summed E-state index contributed by atoms with van der Waals surface area (Å²) in [5.41, 5.74) is 2.31. The molecule has 2 rings (SSSR count). The highest BCUT2D eigenvalue weighted by Crippen LogP contribution is 2.13. The predicted molar refractivity (Wildman–Crippen MR) is 68.0 cm³/mol. The van der Waals surface area contributed by atoms with Gasteiger partial charge in [-0.1, -0.05) is 42.7 Å². The Kier molecular flexibility index (Phi) is 3.60. The summed E-state index contributed by atoms with van der Waals surface area (Å²) in [7, 11) is 0. The van der Waals surface area contributed by atoms with E-state index < -0.39 is 0 Å². The average Bonchev–Trinajstić information content (AvgIpc) is 2.57. The Balaban J connectivity index is 2.08. The zero-order chi connectivity index (χ0) is 11.4. The second kappa shape index (κ2) is 5.15. The number of rotatable bonds is 1. The average molecular weight is 216 g/mol. The van der Waals surface area contributed by atoms with Crippen LogP contribution in [-0.4, -0.2) is 23.8 Å². The molecule has 1 heterocycles. The van der Waals surface area contributed by atoms with Crippen LogP contribution < -0.4 is 0 Å². The summed E-state index contributed by atoms with van der Waals surface area (Å²) in [6, 6.07) is 8.29. The van der Waals surface area contributed by atoms with E-state index in [2.05, 4.69) is 36.1 Å². The van der Waals surface area contributed by atoms with Crippen LogP contribution in [-0.2, 0) is 0 Å². The third-order valence-corrected chi connectivity index (χ3v) is 3.25. The van der Waals surface area contributed by atoms with E-state index >= 15 is 0 Å². The van der Waals surface area contributed by atoms with Crippen LogP contribution in [0.5, 0.6) is 0 Å². The Hall–Kier alpha value is -1.31. The van der Waals surface area contributed by atoms with Crippen LogP contribution in [0, 0.1) is 12.3 Å². The molecule has 1 aromatic carbocycles. The number of hydrogen-bond donors (Lipinski definition) is 1. The van der Waals surface area contributed by atoms with Crippen LogP contribution in [0.2, 0.25) is 0 Å². The molecule has 1 aromatic rings. The van der Waals surface area contributed by atoms with Crippen molar-refractivity contribution in [2.75, 3.05) is 13.1 Å². The summed E-state index contributed by atoms with van der Waals surface area (Å²) < 4.78 is 0. The van der Waals surface area contributed by atoms with Gasteiger partial charge in [0.1, 0.15) is 5.84 Å². The number of hydrogen-bond acceptors (Lipinski definition) is 1. The van der Waals surface area contributed by atoms with Crippen molar-refractivity contribution in [3.8, 4) is 0 Å². The third kappa shape index (κ3) is 2.63. The normalized spacial score (nSPS) is 16.9. The SMILES string of the molecule is Cc1ccc(C(=N)N2CCCCCC2)cc1. The summed E-state index contributed by atoms with van der Waals surface area (Å²) in [5.74, 6) is 0.696. The zero-order valence-electron chi connectivity index (χ0n) is 10.00. The minimum Gasteiger partial charge on any atom is -0.357 e. The van der Waals surface area contributed by atoms with Gasteiger partial charge in [-0.15, -0.1) is 0 Å². The predicted octanol–water partition coefficient (Wildman–Crippen LogP) is 3.20. The minimum atomic E-state index is 0.696. The van der Waals surface area contributed by atoms with E-state index in [0.717, 1.165) is 18.7 Å². The molecule has 0 atom stereocenters. The molecule has 1 saturated heterocycles. The Morgan fingerprint density at radius 3 is 2.12 bits per heavy atom. The molecule has 0 amide bonds. The van der Waals surface area contributed by atoms with Crippen LogP contribution in [0.1, 0.15) is 36.8 Å². The topological polar surface area (TPSA) is 27.1 Å². The van der Waals surface area contributed by atoms with Gasteiger partial charge >= 0.3 is 0 Å². The standard InChI is InChI=1S/C14H20N2/c1-12-6-8-13(9-7-12)14(15)16-10-4-2-3-5-11-16/h6-9,15H,2-5,10-11H2,1H3. The fourth-order valence-corrected chi connectivity index (χ4v) is 2.19. The van der Waals surface area contributed by atoms with Crippen molar-refractivity contribution in [3.63, 3.8) is 0 Å². The van der Waals surface area contributed by atoms with E-state index in [1.165, 1.54) is 31.2 Å². The van der Waals surface area contributed by atoms with Gasteiger partial charge in [0.15, 0.2) is 0 Å². The summed E-state index contributed by atoms with van der Waals surface area (Å²) >= 11 is 0. The first-order valence-electron chi connectivity index (χ1n) is 6.18. The molecular formula is C14H20N2. The van der Waals surface area contributed by atoms with E-state index in [9.17, 15) is 0 Å². The number of nitrogens with zero attached hydrogens (tertiary/aromatic N) is 1. The van der Waals surface area contributed by atoms with Gasteiger partial charge in [-0.3, -0.25) is 5.41 Å². The van der Waals surface area contributed by atoms with E-state index in [1.807, 2.05) is 0 Å². The lowest BCUT2D eigenvalue weighted by molar-refractivity contribution is 0.433. The van der Waals surface area contributed by atoms with Crippen LogP contribution in [0.15, 0.2) is 24.3 Å². The Morgan fingerprint density at radius 1 is 1.00 bits per heavy atom. The van der Waals surface area contributed by atoms with Gasteiger partial charge in [-0.05, 0) is 19.8 Å². The van der Waals surface area contributed by atoms with Crippen molar-refractivity contribution in [2.24, 2.45) is 0 Å². The quantitative estimate of drug-likeness (QED) is 0.566. The molecule has 1 N–H and O–H groups in total. The second-order valence-corrected chi connectivity index (χ2v) is 4.62. The Labute approximate surface area is 97.8 Å². The Morgan fingerprint density at radius 2 is 1.56 bits per heavy atom. The van der Waals surface area contributed by atoms with Gasteiger partial charge in [0.25, 0.3) is 0 Å². The molecule has 1 fully saturated rings. The van der Waals surface area contributed by atoms with Crippen molar-refractivity contribution in [1.82, 2.24) is 4.90 Å². The van der Waals surface area contributed by atoms with Crippen molar-refractivity contribution in [1.29, 1.82) is 5.41 Å². The molecule has 0 spiro atoms. The van der Waals surface area contributed by atoms with Crippen molar-refractivity contribution < 1.29 is 0 Å². The molecule has 16 heavy (non-hydrogen) atoms. The number of amidine groups is 1. The van der Waals surface area contributed by atoms with Crippen molar-refractivity contribution in [3.05, 3.63) is 35.4 Å². The maximum absolute atomic E-state index is 8.22. The van der Waals surface area contributed by atoms with Crippen molar-refractivity contribution in [2.45, 2.75) is 32.6 Å². The monoisotopic (exact) mass is 216 g/mol. The third-order valence-electron chi connectivity index (χ3n) is 3.25. The molecule has 0 bridgehead atoms. The van der Waals surface area contributed by atoms with Crippen LogP contribution in [0.25, 0.3) is 0 Å². The Bertz CT molecular complexity index is 346. The zero-order valence-corrected chi connectivity index (χ0v) is 10.00. The number of likely N-dealkylation sites (tertiary alicyclic amines) is 1. The lowest BCUT2D eigenvalue weighted by Crippen LogP contribution is -2.31. The molecule has 0 saturated carbocycles. The van der Waals surface area contributed by atoms with E-state index in [-0.39, 0.29) is 0 Å². The highest BCUT2D eigenvalue weighted by atomic mass is 15.2. The largest absolute Gasteiger partial charge is 0.357 e. The van der Waals surface area contributed by atoms with Gasteiger partial charge in [0.2, 0.25) is 0 Å². The fourth-order valence-electron chi connectivity index (χ4n) is 2.19. The molecular weight excluding hydrogens is 196 g/mol. The molecule has 0 aromatic heterocycles. The minimum absolute atomic E-state index is 0.696. The maximum Gasteiger partial charge on any atom is 0.128 e. The highest BCUT2D eigenvalue weighted by molar-refractivity contribution is 5.96. The summed E-state index contributed by atoms with van der Waals surface area (Å²) in [5, 5.41) is 8.22. The van der Waals surface area contributed by atoms with Gasteiger partial charge in [-0.25, -0.2) is 0 Å². The van der Waals surface area contributed by atoms with Gasteiger partial charge < -0.3 is 4.90 Å². The van der Waals surface area contributed by atoms with Gasteiger partial charge in [-0.2, -0.15) is 0 Å². The molecule has 1 aliphatic heterocycles. The number of benzene rings is 1. The summed E-state index contributed by atoms with van der Waals surface area (Å²) in [6.45, 7) is 4.18. The van der Waals surface area contributed by atoms with Crippen LogP contribution >= 0.6 is 0 Å². The van der Waals surface area contributed by atoms with E-state index in [4.69, 9.17) is 5.41 Å². The number of aryl methyl sites for hydroxylation is 1. The molecule has 2 heteroatoms. The van der Waals surface area contributed by atoms with E-state index in [0.29, 0.717) is 5.84 Å². The first-order chi connectivity index (χ1) is 7.77. The lowest BCUT2D eigenvalue weighted by Gasteiger charge is -2.23. The van der Waals surface area contributed by atoms with Crippen LogP contribution in [0.4, 0.5) is 0 Å². The molecule has 2 nitrogen and oxygen atoms in total. The molecule has 0 radical (unpaired) electrons. The number of nitrogens with one attached hydrogen (secondary N) is 1. The maximum atomic E-state index is 8.22. The fraction of sp³-hybridized carbons (Fsp3) is 0.500. The summed E-state index contributed by atoms with van der Waals surface area (Å²) in [6.07, 6.45) is 5.10. The van der Waals surface area contributed by atoms with Gasteiger partial charge in [0, 0.05) is 18.7 Å². The smallest absolute Gasteiger partial charge is 0.128 e. The molecule has 0 unspecified atom stereocenters. The first kappa shape index (κ1) is 11.2. The van der Waals surface area contributed by atoms with E-state index in [1.54, 1.807) is 0 Å². The molecule has 1 aliphatic rings.